The molecule has 0 saturated carbocycles. The number of methoxy groups -OCH3 is 1. The van der Waals surface area contributed by atoms with Crippen LogP contribution >= 0.6 is 0 Å². The predicted octanol–water partition coefficient (Wildman–Crippen LogP) is 2.36. The van der Waals surface area contributed by atoms with Crippen LogP contribution in [0.2, 0.25) is 0 Å². The van der Waals surface area contributed by atoms with Gasteiger partial charge in [0.1, 0.15) is 0 Å². The normalized spacial score (nSPS) is 14.1. The van der Waals surface area contributed by atoms with E-state index < -0.39 is 5.60 Å². The number of nitrogens with one attached hydrogen (secondary N) is 1. The Morgan fingerprint density at radius 3 is 2.45 bits per heavy atom. The van der Waals surface area contributed by atoms with Gasteiger partial charge >= 0.3 is 0 Å². The zero-order valence-electron chi connectivity index (χ0n) is 12.8. The molecular formula is C16H25NO3. The van der Waals surface area contributed by atoms with Gasteiger partial charge in [0.05, 0.1) is 12.2 Å². The molecule has 2 N–H and O–H groups in total. The molecule has 0 aliphatic rings. The molecule has 4 nitrogen and oxygen atoms in total. The van der Waals surface area contributed by atoms with E-state index in [1.165, 1.54) is 0 Å². The largest absolute Gasteiger partial charge is 0.388 e. The van der Waals surface area contributed by atoms with E-state index in [0.29, 0.717) is 24.5 Å². The molecule has 0 saturated heterocycles. The van der Waals surface area contributed by atoms with Crippen LogP contribution in [0.1, 0.15) is 43.1 Å². The van der Waals surface area contributed by atoms with E-state index in [9.17, 15) is 9.90 Å². The predicted molar refractivity (Wildman–Crippen MR) is 79.6 cm³/mol. The highest BCUT2D eigenvalue weighted by atomic mass is 16.5. The third-order valence-corrected chi connectivity index (χ3v) is 3.00. The van der Waals surface area contributed by atoms with Gasteiger partial charge in [-0.05, 0) is 37.0 Å². The van der Waals surface area contributed by atoms with Crippen molar-refractivity contribution < 1.29 is 14.6 Å². The number of benzene rings is 1. The molecule has 1 unspecified atom stereocenters. The van der Waals surface area contributed by atoms with Crippen LogP contribution < -0.4 is 5.32 Å². The lowest BCUT2D eigenvalue weighted by molar-refractivity contribution is 0.0368. The van der Waals surface area contributed by atoms with Crippen molar-refractivity contribution in [2.24, 2.45) is 5.92 Å². The maximum absolute atomic E-state index is 12.0. The molecule has 1 aromatic rings. The van der Waals surface area contributed by atoms with Crippen molar-refractivity contribution in [1.82, 2.24) is 5.32 Å². The van der Waals surface area contributed by atoms with Gasteiger partial charge in [0.2, 0.25) is 0 Å². The molecule has 1 amide bonds. The molecule has 1 rings (SSSR count). The Bertz CT molecular complexity index is 424. The number of hydrogen-bond donors (Lipinski definition) is 2. The van der Waals surface area contributed by atoms with Gasteiger partial charge in [-0.1, -0.05) is 26.0 Å². The highest BCUT2D eigenvalue weighted by Crippen LogP contribution is 2.15. The minimum absolute atomic E-state index is 0.169. The molecule has 0 aromatic heterocycles. The first-order valence-corrected chi connectivity index (χ1v) is 6.92. The van der Waals surface area contributed by atoms with E-state index in [4.69, 9.17) is 4.74 Å². The molecule has 1 aromatic carbocycles. The lowest BCUT2D eigenvalue weighted by Crippen LogP contribution is -2.41. The Morgan fingerprint density at radius 2 is 1.95 bits per heavy atom. The van der Waals surface area contributed by atoms with Gasteiger partial charge in [0.25, 0.3) is 5.91 Å². The van der Waals surface area contributed by atoms with Gasteiger partial charge in [-0.15, -0.1) is 0 Å². The van der Waals surface area contributed by atoms with Gasteiger partial charge in [-0.25, -0.2) is 0 Å². The van der Waals surface area contributed by atoms with Gasteiger partial charge in [-0.3, -0.25) is 4.79 Å². The van der Waals surface area contributed by atoms with Crippen molar-refractivity contribution in [3.8, 4) is 0 Å². The number of carbonyl (C=O) groups is 1. The van der Waals surface area contributed by atoms with Crippen LogP contribution in [0.4, 0.5) is 0 Å². The minimum Gasteiger partial charge on any atom is -0.388 e. The third-order valence-electron chi connectivity index (χ3n) is 3.00. The maximum atomic E-state index is 12.0. The highest BCUT2D eigenvalue weighted by molar-refractivity contribution is 5.94. The van der Waals surface area contributed by atoms with Crippen LogP contribution in [0.5, 0.6) is 0 Å². The van der Waals surface area contributed by atoms with E-state index in [2.05, 4.69) is 5.32 Å². The van der Waals surface area contributed by atoms with Gasteiger partial charge in [0, 0.05) is 19.2 Å². The van der Waals surface area contributed by atoms with Crippen LogP contribution in [0.3, 0.4) is 0 Å². The van der Waals surface area contributed by atoms with E-state index >= 15 is 0 Å². The fraction of sp³-hybridized carbons (Fsp3) is 0.562. The zero-order valence-corrected chi connectivity index (χ0v) is 12.8. The molecule has 0 aliphatic heterocycles. The Balaban J connectivity index is 2.54. The number of ether oxygens (including phenoxy) is 1. The van der Waals surface area contributed by atoms with E-state index in [1.807, 2.05) is 26.0 Å². The van der Waals surface area contributed by atoms with Crippen molar-refractivity contribution in [2.45, 2.75) is 39.4 Å². The maximum Gasteiger partial charge on any atom is 0.251 e. The number of rotatable bonds is 7. The summed E-state index contributed by atoms with van der Waals surface area (Å²) in [5.41, 5.74) is 0.737. The summed E-state index contributed by atoms with van der Waals surface area (Å²) in [6.07, 6.45) is 0.653. The molecule has 0 aliphatic carbocycles. The summed E-state index contributed by atoms with van der Waals surface area (Å²) in [5.74, 6) is 0.216. The average molecular weight is 279 g/mol. The van der Waals surface area contributed by atoms with Crippen molar-refractivity contribution in [2.75, 3.05) is 13.7 Å². The molecule has 1 atom stereocenters. The summed E-state index contributed by atoms with van der Waals surface area (Å²) in [7, 11) is 1.64. The average Bonchev–Trinajstić information content (AvgIpc) is 2.36. The van der Waals surface area contributed by atoms with Crippen LogP contribution in [0.15, 0.2) is 24.3 Å². The third kappa shape index (κ3) is 5.72. The monoisotopic (exact) mass is 279 g/mol. The summed E-state index contributed by atoms with van der Waals surface area (Å²) in [6.45, 7) is 6.62. The summed E-state index contributed by atoms with van der Waals surface area (Å²) < 4.78 is 5.02. The van der Waals surface area contributed by atoms with E-state index in [-0.39, 0.29) is 12.5 Å². The molecule has 112 valence electrons. The van der Waals surface area contributed by atoms with Crippen molar-refractivity contribution >= 4 is 5.91 Å². The minimum atomic E-state index is -0.875. The second kappa shape index (κ2) is 7.41. The van der Waals surface area contributed by atoms with Crippen LogP contribution in [-0.2, 0) is 11.3 Å². The Hall–Kier alpha value is -1.39. The molecule has 0 fully saturated rings. The van der Waals surface area contributed by atoms with Crippen molar-refractivity contribution in [3.05, 3.63) is 35.4 Å². The molecule has 0 bridgehead atoms. The fourth-order valence-electron chi connectivity index (χ4n) is 2.24. The van der Waals surface area contributed by atoms with Gasteiger partial charge in [-0.2, -0.15) is 0 Å². The molecular weight excluding hydrogens is 254 g/mol. The SMILES string of the molecule is COCc1ccc(C(=O)NCC(C)(O)CC(C)C)cc1. The van der Waals surface area contributed by atoms with Crippen molar-refractivity contribution in [1.29, 1.82) is 0 Å². The van der Waals surface area contributed by atoms with Crippen molar-refractivity contribution in [3.63, 3.8) is 0 Å². The Kier molecular flexibility index (Phi) is 6.17. The zero-order chi connectivity index (χ0) is 15.2. The Labute approximate surface area is 121 Å². The van der Waals surface area contributed by atoms with Crippen LogP contribution in [-0.4, -0.2) is 30.3 Å². The first-order valence-electron chi connectivity index (χ1n) is 6.92. The standard InChI is InChI=1S/C16H25NO3/c1-12(2)9-16(3,19)11-17-15(18)14-7-5-13(6-8-14)10-20-4/h5-8,12,19H,9-11H2,1-4H3,(H,17,18). The number of hydrogen-bond acceptors (Lipinski definition) is 3. The molecule has 0 spiro atoms. The number of amides is 1. The first kappa shape index (κ1) is 16.7. The summed E-state index contributed by atoms with van der Waals surface area (Å²) in [5, 5.41) is 12.9. The second-order valence-electron chi connectivity index (χ2n) is 5.91. The summed E-state index contributed by atoms with van der Waals surface area (Å²) in [6, 6.07) is 7.26. The molecule has 0 radical (unpaired) electrons. The fourth-order valence-corrected chi connectivity index (χ4v) is 2.24. The highest BCUT2D eigenvalue weighted by Gasteiger charge is 2.22. The lowest BCUT2D eigenvalue weighted by Gasteiger charge is -2.25. The molecule has 0 heterocycles. The van der Waals surface area contributed by atoms with E-state index in [0.717, 1.165) is 5.56 Å². The van der Waals surface area contributed by atoms with E-state index in [1.54, 1.807) is 26.2 Å². The quantitative estimate of drug-likeness (QED) is 0.805. The first-order chi connectivity index (χ1) is 9.34. The topological polar surface area (TPSA) is 58.6 Å². The number of carbonyl (C=O) groups excluding carboxylic acids is 1. The van der Waals surface area contributed by atoms with Gasteiger partial charge in [0.15, 0.2) is 0 Å². The number of aliphatic hydroxyl groups is 1. The lowest BCUT2D eigenvalue weighted by atomic mass is 9.94. The summed E-state index contributed by atoms with van der Waals surface area (Å²) >= 11 is 0. The Morgan fingerprint density at radius 1 is 1.35 bits per heavy atom. The smallest absolute Gasteiger partial charge is 0.251 e. The summed E-state index contributed by atoms with van der Waals surface area (Å²) in [4.78, 5) is 12.0. The van der Waals surface area contributed by atoms with Crippen LogP contribution in [0.25, 0.3) is 0 Å². The van der Waals surface area contributed by atoms with Gasteiger partial charge < -0.3 is 15.2 Å². The van der Waals surface area contributed by atoms with Crippen LogP contribution in [0, 0.1) is 5.92 Å². The second-order valence-corrected chi connectivity index (χ2v) is 5.91. The molecule has 20 heavy (non-hydrogen) atoms. The molecule has 4 heteroatoms.